The zero-order chi connectivity index (χ0) is 12.9. The minimum Gasteiger partial charge on any atom is -0.399 e. The van der Waals surface area contributed by atoms with Gasteiger partial charge >= 0.3 is 0 Å². The van der Waals surface area contributed by atoms with Crippen LogP contribution in [-0.4, -0.2) is 0 Å². The minimum atomic E-state index is 0.863. The number of anilines is 1. The predicted octanol–water partition coefficient (Wildman–Crippen LogP) is 5.20. The van der Waals surface area contributed by atoms with Gasteiger partial charge in [-0.2, -0.15) is 0 Å². The number of hydrogen-bond acceptors (Lipinski definition) is 1. The molecule has 1 rings (SSSR count). The van der Waals surface area contributed by atoms with Crippen LogP contribution in [0.15, 0.2) is 24.3 Å². The van der Waals surface area contributed by atoms with Gasteiger partial charge in [0.15, 0.2) is 0 Å². The number of rotatable bonds is 7. The molecule has 1 aromatic carbocycles. The fourth-order valence-corrected chi connectivity index (χ4v) is 1.79. The largest absolute Gasteiger partial charge is 0.399 e. The second kappa shape index (κ2) is 11.5. The second-order valence-electron chi connectivity index (χ2n) is 4.26. The first-order valence-electron chi connectivity index (χ1n) is 7.17. The van der Waals surface area contributed by atoms with Crippen molar-refractivity contribution in [2.24, 2.45) is 0 Å². The lowest BCUT2D eigenvalue weighted by Gasteiger charge is -2.02. The molecule has 0 fully saturated rings. The van der Waals surface area contributed by atoms with E-state index in [2.05, 4.69) is 19.1 Å². The number of nitrogen functional groups attached to an aromatic ring is 1. The van der Waals surface area contributed by atoms with Crippen LogP contribution < -0.4 is 5.73 Å². The van der Waals surface area contributed by atoms with Crippen LogP contribution in [-0.2, 0) is 6.42 Å². The van der Waals surface area contributed by atoms with Crippen molar-refractivity contribution in [2.75, 3.05) is 5.73 Å². The minimum absolute atomic E-state index is 0.863. The molecule has 0 saturated heterocycles. The van der Waals surface area contributed by atoms with E-state index in [0.717, 1.165) is 5.69 Å². The Bertz CT molecular complexity index is 251. The van der Waals surface area contributed by atoms with E-state index in [1.807, 2.05) is 26.0 Å². The topological polar surface area (TPSA) is 26.0 Å². The van der Waals surface area contributed by atoms with Gasteiger partial charge in [0, 0.05) is 5.69 Å². The van der Waals surface area contributed by atoms with E-state index in [4.69, 9.17) is 5.73 Å². The summed E-state index contributed by atoms with van der Waals surface area (Å²) in [5.41, 5.74) is 7.92. The maximum atomic E-state index is 5.64. The second-order valence-corrected chi connectivity index (χ2v) is 4.26. The fourth-order valence-electron chi connectivity index (χ4n) is 1.79. The third-order valence-corrected chi connectivity index (χ3v) is 2.80. The highest BCUT2D eigenvalue weighted by Crippen LogP contribution is 2.11. The highest BCUT2D eigenvalue weighted by atomic mass is 14.5. The Morgan fingerprint density at radius 1 is 0.824 bits per heavy atom. The van der Waals surface area contributed by atoms with E-state index in [1.165, 1.54) is 50.5 Å². The molecule has 2 N–H and O–H groups in total. The molecule has 17 heavy (non-hydrogen) atoms. The van der Waals surface area contributed by atoms with Crippen molar-refractivity contribution in [1.82, 2.24) is 0 Å². The van der Waals surface area contributed by atoms with E-state index >= 15 is 0 Å². The standard InChI is InChI=1S/C14H23N.C2H6/c1-2-3-4-5-6-7-8-13-9-11-14(15)12-10-13;1-2/h9-12H,2-8,15H2,1H3;1-2H3. The molecule has 0 aromatic heterocycles. The number of unbranched alkanes of at least 4 members (excludes halogenated alkanes) is 5. The Labute approximate surface area is 107 Å². The van der Waals surface area contributed by atoms with E-state index < -0.39 is 0 Å². The van der Waals surface area contributed by atoms with Gasteiger partial charge < -0.3 is 5.73 Å². The first-order chi connectivity index (χ1) is 8.33. The van der Waals surface area contributed by atoms with Gasteiger partial charge in [0.1, 0.15) is 0 Å². The monoisotopic (exact) mass is 235 g/mol. The molecule has 0 atom stereocenters. The molecule has 0 saturated carbocycles. The summed E-state index contributed by atoms with van der Waals surface area (Å²) in [6.45, 7) is 6.26. The van der Waals surface area contributed by atoms with Crippen molar-refractivity contribution in [2.45, 2.75) is 65.7 Å². The maximum Gasteiger partial charge on any atom is 0.0314 e. The molecule has 0 aliphatic carbocycles. The van der Waals surface area contributed by atoms with Crippen LogP contribution >= 0.6 is 0 Å². The van der Waals surface area contributed by atoms with Crippen LogP contribution in [0.1, 0.15) is 64.9 Å². The van der Waals surface area contributed by atoms with Crippen LogP contribution in [0.25, 0.3) is 0 Å². The van der Waals surface area contributed by atoms with Gasteiger partial charge in [-0.3, -0.25) is 0 Å². The van der Waals surface area contributed by atoms with Crippen molar-refractivity contribution >= 4 is 5.69 Å². The summed E-state index contributed by atoms with van der Waals surface area (Å²) in [7, 11) is 0. The van der Waals surface area contributed by atoms with Crippen molar-refractivity contribution in [1.29, 1.82) is 0 Å². The van der Waals surface area contributed by atoms with E-state index in [0.29, 0.717) is 0 Å². The highest BCUT2D eigenvalue weighted by Gasteiger charge is 1.93. The normalized spacial score (nSPS) is 9.59. The lowest BCUT2D eigenvalue weighted by atomic mass is 10.0. The van der Waals surface area contributed by atoms with Crippen LogP contribution in [0.2, 0.25) is 0 Å². The average Bonchev–Trinajstić information content (AvgIpc) is 2.38. The molecule has 1 heteroatoms. The van der Waals surface area contributed by atoms with Crippen molar-refractivity contribution < 1.29 is 0 Å². The predicted molar refractivity (Wildman–Crippen MR) is 79.3 cm³/mol. The summed E-state index contributed by atoms with van der Waals surface area (Å²) in [5.74, 6) is 0. The molecule has 0 unspecified atom stereocenters. The van der Waals surface area contributed by atoms with Crippen LogP contribution in [0, 0.1) is 0 Å². The smallest absolute Gasteiger partial charge is 0.0314 e. The number of hydrogen-bond donors (Lipinski definition) is 1. The Kier molecular flexibility index (Phi) is 10.8. The number of nitrogens with two attached hydrogens (primary N) is 1. The average molecular weight is 235 g/mol. The third kappa shape index (κ3) is 8.79. The molecule has 0 bridgehead atoms. The maximum absolute atomic E-state index is 5.64. The van der Waals surface area contributed by atoms with Gasteiger partial charge in [-0.1, -0.05) is 65.0 Å². The number of benzene rings is 1. The molecule has 1 aromatic rings. The Hall–Kier alpha value is -0.980. The van der Waals surface area contributed by atoms with Gasteiger partial charge in [0.05, 0.1) is 0 Å². The van der Waals surface area contributed by atoms with Gasteiger partial charge in [-0.15, -0.1) is 0 Å². The summed E-state index contributed by atoms with van der Waals surface area (Å²) in [5, 5.41) is 0. The molecule has 0 aliphatic rings. The molecule has 0 amide bonds. The number of aryl methyl sites for hydroxylation is 1. The van der Waals surface area contributed by atoms with Crippen molar-refractivity contribution in [3.05, 3.63) is 29.8 Å². The molecular formula is C16H29N. The molecule has 0 spiro atoms. The molecule has 1 nitrogen and oxygen atoms in total. The van der Waals surface area contributed by atoms with Gasteiger partial charge in [0.2, 0.25) is 0 Å². The van der Waals surface area contributed by atoms with E-state index in [-0.39, 0.29) is 0 Å². The van der Waals surface area contributed by atoms with Crippen molar-refractivity contribution in [3.8, 4) is 0 Å². The fraction of sp³-hybridized carbons (Fsp3) is 0.625. The van der Waals surface area contributed by atoms with E-state index in [9.17, 15) is 0 Å². The quantitative estimate of drug-likeness (QED) is 0.510. The Morgan fingerprint density at radius 2 is 1.35 bits per heavy atom. The molecule has 98 valence electrons. The zero-order valence-electron chi connectivity index (χ0n) is 11.8. The lowest BCUT2D eigenvalue weighted by Crippen LogP contribution is -1.88. The molecular weight excluding hydrogens is 206 g/mol. The van der Waals surface area contributed by atoms with Crippen LogP contribution in [0.4, 0.5) is 5.69 Å². The summed E-state index contributed by atoms with van der Waals surface area (Å²) in [4.78, 5) is 0. The molecule has 0 heterocycles. The van der Waals surface area contributed by atoms with Gasteiger partial charge in [0.25, 0.3) is 0 Å². The van der Waals surface area contributed by atoms with Gasteiger partial charge in [-0.25, -0.2) is 0 Å². The van der Waals surface area contributed by atoms with Crippen LogP contribution in [0.5, 0.6) is 0 Å². The first-order valence-corrected chi connectivity index (χ1v) is 7.17. The highest BCUT2D eigenvalue weighted by molar-refractivity contribution is 5.39. The van der Waals surface area contributed by atoms with Crippen LogP contribution in [0.3, 0.4) is 0 Å². The lowest BCUT2D eigenvalue weighted by molar-refractivity contribution is 0.607. The van der Waals surface area contributed by atoms with Crippen molar-refractivity contribution in [3.63, 3.8) is 0 Å². The summed E-state index contributed by atoms with van der Waals surface area (Å²) in [6.07, 6.45) is 9.39. The zero-order valence-corrected chi connectivity index (χ0v) is 11.8. The molecule has 0 aliphatic heterocycles. The van der Waals surface area contributed by atoms with E-state index in [1.54, 1.807) is 0 Å². The molecule has 0 radical (unpaired) electrons. The summed E-state index contributed by atoms with van der Waals surface area (Å²) in [6, 6.07) is 8.27. The van der Waals surface area contributed by atoms with Gasteiger partial charge in [-0.05, 0) is 30.5 Å². The Morgan fingerprint density at radius 3 is 1.94 bits per heavy atom. The summed E-state index contributed by atoms with van der Waals surface area (Å²) < 4.78 is 0. The SMILES string of the molecule is CC.CCCCCCCCc1ccc(N)cc1. The Balaban J connectivity index is 0.00000121. The third-order valence-electron chi connectivity index (χ3n) is 2.80. The first kappa shape index (κ1) is 16.0. The summed E-state index contributed by atoms with van der Waals surface area (Å²) >= 11 is 0.